The van der Waals surface area contributed by atoms with Crippen molar-refractivity contribution in [3.05, 3.63) is 58.3 Å². The molecule has 0 heterocycles. The molecular weight excluding hydrogens is 354 g/mol. The van der Waals surface area contributed by atoms with E-state index in [1.807, 2.05) is 0 Å². The van der Waals surface area contributed by atoms with Crippen molar-refractivity contribution in [2.45, 2.75) is 13.8 Å². The quantitative estimate of drug-likeness (QED) is 0.765. The Hall–Kier alpha value is -2.11. The lowest BCUT2D eigenvalue weighted by Gasteiger charge is -2.23. The summed E-state index contributed by atoms with van der Waals surface area (Å²) in [5.41, 5.74) is -0.753. The predicted molar refractivity (Wildman–Crippen MR) is 93.9 cm³/mol. The molecule has 0 fully saturated rings. The van der Waals surface area contributed by atoms with E-state index in [2.05, 4.69) is 10.6 Å². The van der Waals surface area contributed by atoms with Gasteiger partial charge in [0.05, 0.1) is 0 Å². The van der Waals surface area contributed by atoms with Gasteiger partial charge in [0.15, 0.2) is 0 Å². The number of benzene rings is 2. The van der Waals surface area contributed by atoms with Crippen LogP contribution in [0.1, 0.15) is 13.8 Å². The van der Waals surface area contributed by atoms with Crippen molar-refractivity contribution in [2.75, 3.05) is 10.6 Å². The molecule has 0 spiro atoms. The summed E-state index contributed by atoms with van der Waals surface area (Å²) < 4.78 is 13.2. The van der Waals surface area contributed by atoms with Gasteiger partial charge in [-0.2, -0.15) is 0 Å². The second kappa shape index (κ2) is 7.20. The SMILES string of the molecule is CC(C)(C(=O)Nc1cccc(F)c1)C(=O)Nc1cc(Cl)cc(Cl)c1. The van der Waals surface area contributed by atoms with Crippen LogP contribution in [0.15, 0.2) is 42.5 Å². The molecule has 126 valence electrons. The van der Waals surface area contributed by atoms with Gasteiger partial charge in [0, 0.05) is 21.4 Å². The smallest absolute Gasteiger partial charge is 0.239 e. The second-order valence-corrected chi connectivity index (χ2v) is 6.57. The normalized spacial score (nSPS) is 11.0. The van der Waals surface area contributed by atoms with Crippen LogP contribution in [-0.2, 0) is 9.59 Å². The maximum absolute atomic E-state index is 13.2. The largest absolute Gasteiger partial charge is 0.325 e. The summed E-state index contributed by atoms with van der Waals surface area (Å²) in [6, 6.07) is 10.00. The first kappa shape index (κ1) is 18.2. The van der Waals surface area contributed by atoms with E-state index in [0.717, 1.165) is 0 Å². The number of hydrogen-bond donors (Lipinski definition) is 2. The van der Waals surface area contributed by atoms with Gasteiger partial charge in [-0.15, -0.1) is 0 Å². The van der Waals surface area contributed by atoms with E-state index in [9.17, 15) is 14.0 Å². The average molecular weight is 369 g/mol. The first-order chi connectivity index (χ1) is 11.2. The third-order valence-electron chi connectivity index (χ3n) is 3.34. The van der Waals surface area contributed by atoms with Crippen LogP contribution in [0, 0.1) is 11.2 Å². The van der Waals surface area contributed by atoms with Crippen LogP contribution in [0.3, 0.4) is 0 Å². The number of carbonyl (C=O) groups excluding carboxylic acids is 2. The van der Waals surface area contributed by atoms with Crippen LogP contribution in [0.25, 0.3) is 0 Å². The molecule has 2 aromatic carbocycles. The first-order valence-electron chi connectivity index (χ1n) is 7.03. The summed E-state index contributed by atoms with van der Waals surface area (Å²) in [4.78, 5) is 24.8. The number of rotatable bonds is 4. The summed E-state index contributed by atoms with van der Waals surface area (Å²) in [6.07, 6.45) is 0. The number of hydrogen-bond acceptors (Lipinski definition) is 2. The molecule has 0 bridgehead atoms. The molecule has 2 amide bonds. The lowest BCUT2D eigenvalue weighted by atomic mass is 9.90. The number of halogens is 3. The first-order valence-corrected chi connectivity index (χ1v) is 7.78. The average Bonchev–Trinajstić information content (AvgIpc) is 2.45. The zero-order valence-corrected chi connectivity index (χ0v) is 14.5. The molecular formula is C17H15Cl2FN2O2. The molecule has 2 N–H and O–H groups in total. The maximum Gasteiger partial charge on any atom is 0.239 e. The minimum absolute atomic E-state index is 0.270. The summed E-state index contributed by atoms with van der Waals surface area (Å²) in [5, 5.41) is 5.84. The van der Waals surface area contributed by atoms with E-state index >= 15 is 0 Å². The second-order valence-electron chi connectivity index (χ2n) is 5.70. The summed E-state index contributed by atoms with van der Waals surface area (Å²) in [5.74, 6) is -1.60. The minimum atomic E-state index is -1.40. The van der Waals surface area contributed by atoms with Gasteiger partial charge in [0.2, 0.25) is 11.8 Å². The number of nitrogens with one attached hydrogen (secondary N) is 2. The molecule has 0 saturated heterocycles. The van der Waals surface area contributed by atoms with E-state index in [4.69, 9.17) is 23.2 Å². The van der Waals surface area contributed by atoms with Crippen LogP contribution in [0.5, 0.6) is 0 Å². The Labute approximate surface area is 149 Å². The van der Waals surface area contributed by atoms with Gasteiger partial charge in [0.25, 0.3) is 0 Å². The highest BCUT2D eigenvalue weighted by atomic mass is 35.5. The molecule has 0 aliphatic heterocycles. The van der Waals surface area contributed by atoms with Gasteiger partial charge in [-0.3, -0.25) is 9.59 Å². The lowest BCUT2D eigenvalue weighted by Crippen LogP contribution is -2.41. The van der Waals surface area contributed by atoms with Crippen LogP contribution in [-0.4, -0.2) is 11.8 Å². The third-order valence-corrected chi connectivity index (χ3v) is 3.77. The highest BCUT2D eigenvalue weighted by Gasteiger charge is 2.36. The molecule has 0 atom stereocenters. The number of anilines is 2. The number of amides is 2. The van der Waals surface area contributed by atoms with Gasteiger partial charge in [-0.25, -0.2) is 4.39 Å². The Balaban J connectivity index is 2.12. The van der Waals surface area contributed by atoms with Crippen LogP contribution in [0.2, 0.25) is 10.0 Å². The molecule has 2 rings (SSSR count). The molecule has 24 heavy (non-hydrogen) atoms. The highest BCUT2D eigenvalue weighted by molar-refractivity contribution is 6.35. The molecule has 0 saturated carbocycles. The van der Waals surface area contributed by atoms with Gasteiger partial charge < -0.3 is 10.6 Å². The van der Waals surface area contributed by atoms with E-state index in [-0.39, 0.29) is 5.69 Å². The topological polar surface area (TPSA) is 58.2 Å². The fourth-order valence-electron chi connectivity index (χ4n) is 1.87. The summed E-state index contributed by atoms with van der Waals surface area (Å²) >= 11 is 11.8. The fourth-order valence-corrected chi connectivity index (χ4v) is 2.40. The molecule has 0 radical (unpaired) electrons. The minimum Gasteiger partial charge on any atom is -0.325 e. The van der Waals surface area contributed by atoms with E-state index in [1.165, 1.54) is 56.3 Å². The van der Waals surface area contributed by atoms with Gasteiger partial charge in [-0.1, -0.05) is 29.3 Å². The zero-order chi connectivity index (χ0) is 17.9. The Morgan fingerprint density at radius 2 is 1.46 bits per heavy atom. The fraction of sp³-hybridized carbons (Fsp3) is 0.176. The Morgan fingerprint density at radius 3 is 2.00 bits per heavy atom. The monoisotopic (exact) mass is 368 g/mol. The third kappa shape index (κ3) is 4.46. The molecule has 0 unspecified atom stereocenters. The van der Waals surface area contributed by atoms with Crippen LogP contribution < -0.4 is 10.6 Å². The van der Waals surface area contributed by atoms with E-state index < -0.39 is 23.0 Å². The molecule has 7 heteroatoms. The Morgan fingerprint density at radius 1 is 0.917 bits per heavy atom. The summed E-state index contributed by atoms with van der Waals surface area (Å²) in [6.45, 7) is 2.92. The van der Waals surface area contributed by atoms with Gasteiger partial charge in [-0.05, 0) is 50.2 Å². The van der Waals surface area contributed by atoms with Crippen LogP contribution >= 0.6 is 23.2 Å². The Kier molecular flexibility index (Phi) is 5.47. The predicted octanol–water partition coefficient (Wildman–Crippen LogP) is 4.74. The molecule has 0 aromatic heterocycles. The van der Waals surface area contributed by atoms with E-state index in [1.54, 1.807) is 0 Å². The highest BCUT2D eigenvalue weighted by Crippen LogP contribution is 2.26. The van der Waals surface area contributed by atoms with Crippen molar-refractivity contribution >= 4 is 46.4 Å². The molecule has 2 aromatic rings. The van der Waals surface area contributed by atoms with Crippen molar-refractivity contribution in [1.82, 2.24) is 0 Å². The molecule has 4 nitrogen and oxygen atoms in total. The zero-order valence-electron chi connectivity index (χ0n) is 13.0. The maximum atomic E-state index is 13.2. The van der Waals surface area contributed by atoms with Crippen molar-refractivity contribution in [2.24, 2.45) is 5.41 Å². The summed E-state index contributed by atoms with van der Waals surface area (Å²) in [7, 11) is 0. The van der Waals surface area contributed by atoms with Gasteiger partial charge in [0.1, 0.15) is 11.2 Å². The Bertz CT molecular complexity index is 774. The van der Waals surface area contributed by atoms with Crippen molar-refractivity contribution in [1.29, 1.82) is 0 Å². The van der Waals surface area contributed by atoms with E-state index in [0.29, 0.717) is 15.7 Å². The number of carbonyl (C=O) groups is 2. The molecule has 0 aliphatic carbocycles. The lowest BCUT2D eigenvalue weighted by molar-refractivity contribution is -0.135. The van der Waals surface area contributed by atoms with Gasteiger partial charge >= 0.3 is 0 Å². The van der Waals surface area contributed by atoms with Crippen molar-refractivity contribution in [3.8, 4) is 0 Å². The standard InChI is InChI=1S/C17H15Cl2FN2O2/c1-17(2,15(23)21-13-5-3-4-12(20)9-13)16(24)22-14-7-10(18)6-11(19)8-14/h3-9H,1-2H3,(H,21,23)(H,22,24). The van der Waals surface area contributed by atoms with Crippen molar-refractivity contribution < 1.29 is 14.0 Å². The molecule has 0 aliphatic rings. The van der Waals surface area contributed by atoms with Crippen molar-refractivity contribution in [3.63, 3.8) is 0 Å². The van der Waals surface area contributed by atoms with Crippen LogP contribution in [0.4, 0.5) is 15.8 Å².